The van der Waals surface area contributed by atoms with Gasteiger partial charge in [0.05, 0.1) is 5.56 Å². The zero-order valence-electron chi connectivity index (χ0n) is 7.28. The van der Waals surface area contributed by atoms with Crippen LogP contribution in [0.2, 0.25) is 0 Å². The van der Waals surface area contributed by atoms with E-state index >= 15 is 0 Å². The number of carbonyl (C=O) groups is 2. The van der Waals surface area contributed by atoms with E-state index in [-0.39, 0.29) is 23.5 Å². The number of phenolic OH excluding ortho intramolecular Hbond substituents is 1. The van der Waals surface area contributed by atoms with Crippen molar-refractivity contribution in [3.8, 4) is 5.75 Å². The summed E-state index contributed by atoms with van der Waals surface area (Å²) < 4.78 is 0. The Morgan fingerprint density at radius 3 is 2.69 bits per heavy atom. The third kappa shape index (κ3) is 2.40. The predicted molar refractivity (Wildman–Crippen MR) is 47.9 cm³/mol. The van der Waals surface area contributed by atoms with Gasteiger partial charge in [0.15, 0.2) is 6.29 Å². The molecule has 0 heterocycles. The first-order chi connectivity index (χ1) is 6.13. The Hall–Kier alpha value is -1.64. The monoisotopic (exact) mass is 178 g/mol. The lowest BCUT2D eigenvalue weighted by Crippen LogP contribution is -1.96. The van der Waals surface area contributed by atoms with Gasteiger partial charge in [-0.15, -0.1) is 0 Å². The van der Waals surface area contributed by atoms with Gasteiger partial charge in [-0.25, -0.2) is 0 Å². The van der Waals surface area contributed by atoms with E-state index in [2.05, 4.69) is 0 Å². The molecule has 1 aromatic carbocycles. The van der Waals surface area contributed by atoms with Crippen LogP contribution in [0, 0.1) is 0 Å². The fourth-order valence-electron chi connectivity index (χ4n) is 1.09. The standard InChI is InChI=1S/C10H10O3/c1-7(12)4-8-2-3-9(6-11)10(13)5-8/h2-3,5-6,13H,4H2,1H3. The molecule has 0 unspecified atom stereocenters. The van der Waals surface area contributed by atoms with Crippen molar-refractivity contribution in [2.45, 2.75) is 13.3 Å². The van der Waals surface area contributed by atoms with Gasteiger partial charge in [0.2, 0.25) is 0 Å². The van der Waals surface area contributed by atoms with E-state index in [1.54, 1.807) is 6.07 Å². The molecule has 0 aliphatic rings. The third-order valence-electron chi connectivity index (χ3n) is 1.67. The predicted octanol–water partition coefficient (Wildman–Crippen LogP) is 1.34. The van der Waals surface area contributed by atoms with Crippen molar-refractivity contribution in [3.63, 3.8) is 0 Å². The molecule has 0 amide bonds. The number of hydrogen-bond acceptors (Lipinski definition) is 3. The second kappa shape index (κ2) is 3.85. The van der Waals surface area contributed by atoms with Crippen LogP contribution in [-0.2, 0) is 11.2 Å². The summed E-state index contributed by atoms with van der Waals surface area (Å²) in [4.78, 5) is 21.1. The molecule has 68 valence electrons. The number of hydrogen-bond donors (Lipinski definition) is 1. The van der Waals surface area contributed by atoms with Crippen LogP contribution in [0.5, 0.6) is 5.75 Å². The Kier molecular flexibility index (Phi) is 2.80. The summed E-state index contributed by atoms with van der Waals surface area (Å²) in [6.45, 7) is 1.48. The number of aromatic hydroxyl groups is 1. The van der Waals surface area contributed by atoms with Crippen LogP contribution in [0.15, 0.2) is 18.2 Å². The van der Waals surface area contributed by atoms with Gasteiger partial charge in [0, 0.05) is 6.42 Å². The second-order valence-corrected chi connectivity index (χ2v) is 2.89. The van der Waals surface area contributed by atoms with Crippen LogP contribution in [0.4, 0.5) is 0 Å². The van der Waals surface area contributed by atoms with Crippen molar-refractivity contribution in [1.29, 1.82) is 0 Å². The highest BCUT2D eigenvalue weighted by Crippen LogP contribution is 2.17. The van der Waals surface area contributed by atoms with Gasteiger partial charge in [0.1, 0.15) is 11.5 Å². The van der Waals surface area contributed by atoms with Gasteiger partial charge in [-0.3, -0.25) is 9.59 Å². The minimum atomic E-state index is -0.0752. The van der Waals surface area contributed by atoms with Crippen LogP contribution in [0.25, 0.3) is 0 Å². The number of carbonyl (C=O) groups excluding carboxylic acids is 2. The van der Waals surface area contributed by atoms with Gasteiger partial charge in [-0.1, -0.05) is 6.07 Å². The molecule has 13 heavy (non-hydrogen) atoms. The molecular weight excluding hydrogens is 168 g/mol. The lowest BCUT2D eigenvalue weighted by molar-refractivity contribution is -0.116. The molecule has 3 nitrogen and oxygen atoms in total. The van der Waals surface area contributed by atoms with Crippen molar-refractivity contribution < 1.29 is 14.7 Å². The fourth-order valence-corrected chi connectivity index (χ4v) is 1.09. The van der Waals surface area contributed by atoms with Gasteiger partial charge in [0.25, 0.3) is 0 Å². The summed E-state index contributed by atoms with van der Waals surface area (Å²) in [6.07, 6.45) is 0.861. The minimum Gasteiger partial charge on any atom is -0.507 e. The molecule has 1 rings (SSSR count). The van der Waals surface area contributed by atoms with Crippen LogP contribution < -0.4 is 0 Å². The number of phenols is 1. The largest absolute Gasteiger partial charge is 0.507 e. The molecule has 0 atom stereocenters. The summed E-state index contributed by atoms with van der Waals surface area (Å²) in [7, 11) is 0. The Morgan fingerprint density at radius 1 is 1.54 bits per heavy atom. The van der Waals surface area contributed by atoms with Crippen molar-refractivity contribution in [1.82, 2.24) is 0 Å². The lowest BCUT2D eigenvalue weighted by atomic mass is 10.1. The summed E-state index contributed by atoms with van der Waals surface area (Å²) in [5.74, 6) is -0.0491. The molecule has 1 N–H and O–H groups in total. The molecule has 0 aromatic heterocycles. The Balaban J connectivity index is 2.95. The third-order valence-corrected chi connectivity index (χ3v) is 1.67. The highest BCUT2D eigenvalue weighted by Gasteiger charge is 2.02. The average molecular weight is 178 g/mol. The van der Waals surface area contributed by atoms with Crippen molar-refractivity contribution >= 4 is 12.1 Å². The Morgan fingerprint density at radius 2 is 2.23 bits per heavy atom. The molecule has 0 aliphatic heterocycles. The zero-order valence-corrected chi connectivity index (χ0v) is 7.28. The average Bonchev–Trinajstić information content (AvgIpc) is 2.03. The first-order valence-corrected chi connectivity index (χ1v) is 3.90. The van der Waals surface area contributed by atoms with Gasteiger partial charge >= 0.3 is 0 Å². The summed E-state index contributed by atoms with van der Waals surface area (Å²) in [6, 6.07) is 4.59. The quantitative estimate of drug-likeness (QED) is 0.710. The van der Waals surface area contributed by atoms with Gasteiger partial charge in [-0.2, -0.15) is 0 Å². The number of Topliss-reactive ketones (excluding diaryl/α,β-unsaturated/α-hetero) is 1. The van der Waals surface area contributed by atoms with Gasteiger partial charge in [-0.05, 0) is 24.6 Å². The van der Waals surface area contributed by atoms with E-state index in [0.29, 0.717) is 6.29 Å². The first kappa shape index (κ1) is 9.45. The fraction of sp³-hybridized carbons (Fsp3) is 0.200. The van der Waals surface area contributed by atoms with Crippen LogP contribution in [0.1, 0.15) is 22.8 Å². The van der Waals surface area contributed by atoms with E-state index in [9.17, 15) is 14.7 Å². The molecule has 1 aromatic rings. The lowest BCUT2D eigenvalue weighted by Gasteiger charge is -2.00. The van der Waals surface area contributed by atoms with Crippen LogP contribution >= 0.6 is 0 Å². The van der Waals surface area contributed by atoms with Crippen molar-refractivity contribution in [2.24, 2.45) is 0 Å². The molecule has 0 aliphatic carbocycles. The second-order valence-electron chi connectivity index (χ2n) is 2.89. The number of benzene rings is 1. The number of aldehydes is 1. The number of rotatable bonds is 3. The molecule has 0 saturated carbocycles. The summed E-state index contributed by atoms with van der Waals surface area (Å²) in [5.41, 5.74) is 0.961. The van der Waals surface area contributed by atoms with Crippen LogP contribution in [0.3, 0.4) is 0 Å². The highest BCUT2D eigenvalue weighted by atomic mass is 16.3. The minimum absolute atomic E-state index is 0.0262. The zero-order chi connectivity index (χ0) is 9.84. The summed E-state index contributed by atoms with van der Waals surface area (Å²) in [5, 5.41) is 9.26. The topological polar surface area (TPSA) is 54.4 Å². The van der Waals surface area contributed by atoms with Crippen molar-refractivity contribution in [3.05, 3.63) is 29.3 Å². The Bertz CT molecular complexity index is 342. The molecule has 0 spiro atoms. The SMILES string of the molecule is CC(=O)Cc1ccc(C=O)c(O)c1. The van der Waals surface area contributed by atoms with E-state index in [1.165, 1.54) is 19.1 Å². The van der Waals surface area contributed by atoms with Gasteiger partial charge < -0.3 is 5.11 Å². The van der Waals surface area contributed by atoms with E-state index in [4.69, 9.17) is 0 Å². The number of ketones is 1. The smallest absolute Gasteiger partial charge is 0.153 e. The highest BCUT2D eigenvalue weighted by molar-refractivity contribution is 5.81. The molecule has 3 heteroatoms. The molecular formula is C10H10O3. The maximum atomic E-state index is 10.7. The van der Waals surface area contributed by atoms with E-state index in [1.807, 2.05) is 0 Å². The molecule has 0 saturated heterocycles. The summed E-state index contributed by atoms with van der Waals surface area (Å²) >= 11 is 0. The van der Waals surface area contributed by atoms with E-state index < -0.39 is 0 Å². The molecule has 0 fully saturated rings. The van der Waals surface area contributed by atoms with Crippen LogP contribution in [-0.4, -0.2) is 17.2 Å². The molecule has 0 radical (unpaired) electrons. The van der Waals surface area contributed by atoms with Crippen molar-refractivity contribution in [2.75, 3.05) is 0 Å². The Labute approximate surface area is 76.0 Å². The first-order valence-electron chi connectivity index (χ1n) is 3.90. The normalized spacial score (nSPS) is 9.62. The van der Waals surface area contributed by atoms with E-state index in [0.717, 1.165) is 5.56 Å². The molecule has 0 bridgehead atoms. The maximum absolute atomic E-state index is 10.7. The maximum Gasteiger partial charge on any atom is 0.153 e.